The number of carbonyl (C=O) groups excluding carboxylic acids is 1. The number of halogens is 2. The molecule has 0 saturated carbocycles. The Balaban J connectivity index is 1.80. The number of carboxylic acids is 1. The van der Waals surface area contributed by atoms with E-state index in [1.54, 1.807) is 24.3 Å². The highest BCUT2D eigenvalue weighted by molar-refractivity contribution is 6.42. The number of carboxylic acid groups (broad SMARTS) is 1. The third kappa shape index (κ3) is 2.52. The summed E-state index contributed by atoms with van der Waals surface area (Å²) < 4.78 is 5.46. The number of amides is 1. The summed E-state index contributed by atoms with van der Waals surface area (Å²) in [6.07, 6.45) is 2.37. The van der Waals surface area contributed by atoms with Crippen LogP contribution in [0.2, 0.25) is 10.0 Å². The molecule has 1 amide bonds. The van der Waals surface area contributed by atoms with E-state index in [0.29, 0.717) is 15.7 Å². The van der Waals surface area contributed by atoms with Crippen molar-refractivity contribution >= 4 is 40.8 Å². The van der Waals surface area contributed by atoms with E-state index in [0.717, 1.165) is 0 Å². The minimum absolute atomic E-state index is 0.313. The van der Waals surface area contributed by atoms with E-state index in [4.69, 9.17) is 27.9 Å². The SMILES string of the molecule is O=C(O)[C@@H]1[C@H](C(=O)Nc2ccc(Cl)c(Cl)c2)[C@@H]2C=C[C@@H]1O2. The number of hydrogen-bond donors (Lipinski definition) is 2. The van der Waals surface area contributed by atoms with E-state index in [1.165, 1.54) is 6.07 Å². The second kappa shape index (κ2) is 5.33. The van der Waals surface area contributed by atoms with Gasteiger partial charge in [-0.3, -0.25) is 9.59 Å². The zero-order valence-electron chi connectivity index (χ0n) is 10.6. The molecule has 5 nitrogen and oxygen atoms in total. The second-order valence-electron chi connectivity index (χ2n) is 4.96. The number of rotatable bonds is 3. The molecule has 21 heavy (non-hydrogen) atoms. The van der Waals surface area contributed by atoms with E-state index >= 15 is 0 Å². The molecule has 3 rings (SSSR count). The monoisotopic (exact) mass is 327 g/mol. The van der Waals surface area contributed by atoms with Crippen molar-refractivity contribution in [2.45, 2.75) is 12.2 Å². The van der Waals surface area contributed by atoms with Gasteiger partial charge < -0.3 is 15.2 Å². The van der Waals surface area contributed by atoms with Gasteiger partial charge in [0.05, 0.1) is 28.2 Å². The van der Waals surface area contributed by atoms with Crippen molar-refractivity contribution in [2.75, 3.05) is 5.32 Å². The van der Waals surface area contributed by atoms with Crippen molar-refractivity contribution in [1.29, 1.82) is 0 Å². The van der Waals surface area contributed by atoms with Crippen LogP contribution in [0.1, 0.15) is 0 Å². The third-order valence-electron chi connectivity index (χ3n) is 3.67. The highest BCUT2D eigenvalue weighted by Gasteiger charge is 2.53. The Hall–Kier alpha value is -1.56. The van der Waals surface area contributed by atoms with Crippen LogP contribution in [0.5, 0.6) is 0 Å². The van der Waals surface area contributed by atoms with Crippen LogP contribution in [0.25, 0.3) is 0 Å². The highest BCUT2D eigenvalue weighted by atomic mass is 35.5. The zero-order valence-corrected chi connectivity index (χ0v) is 12.1. The number of hydrogen-bond acceptors (Lipinski definition) is 3. The van der Waals surface area contributed by atoms with E-state index in [-0.39, 0.29) is 0 Å². The fourth-order valence-corrected chi connectivity index (χ4v) is 3.01. The Bertz CT molecular complexity index is 646. The van der Waals surface area contributed by atoms with Gasteiger partial charge in [-0.05, 0) is 18.2 Å². The van der Waals surface area contributed by atoms with Gasteiger partial charge >= 0.3 is 5.97 Å². The summed E-state index contributed by atoms with van der Waals surface area (Å²) in [5.74, 6) is -3.08. The van der Waals surface area contributed by atoms with E-state index in [1.807, 2.05) is 0 Å². The Kier molecular flexibility index (Phi) is 3.65. The first-order valence-corrected chi connectivity index (χ1v) is 7.05. The summed E-state index contributed by atoms with van der Waals surface area (Å²) >= 11 is 11.7. The van der Waals surface area contributed by atoms with E-state index < -0.39 is 35.9 Å². The summed E-state index contributed by atoms with van der Waals surface area (Å²) in [6, 6.07) is 4.68. The quantitative estimate of drug-likeness (QED) is 0.836. The first-order chi connectivity index (χ1) is 9.97. The van der Waals surface area contributed by atoms with Crippen LogP contribution in [-0.4, -0.2) is 29.2 Å². The summed E-state index contributed by atoms with van der Waals surface area (Å²) in [6.45, 7) is 0. The molecule has 110 valence electrons. The van der Waals surface area contributed by atoms with Crippen molar-refractivity contribution < 1.29 is 19.4 Å². The molecule has 1 saturated heterocycles. The van der Waals surface area contributed by atoms with Gasteiger partial charge in [-0.2, -0.15) is 0 Å². The van der Waals surface area contributed by atoms with Crippen LogP contribution in [0.3, 0.4) is 0 Å². The molecule has 0 aliphatic carbocycles. The Morgan fingerprint density at radius 1 is 1.10 bits per heavy atom. The Morgan fingerprint density at radius 2 is 1.76 bits per heavy atom. The molecule has 4 atom stereocenters. The molecule has 7 heteroatoms. The minimum Gasteiger partial charge on any atom is -0.481 e. The Morgan fingerprint density at radius 3 is 2.38 bits per heavy atom. The predicted octanol–water partition coefficient (Wildman–Crippen LogP) is 2.59. The lowest BCUT2D eigenvalue weighted by atomic mass is 9.82. The molecule has 0 spiro atoms. The molecule has 0 radical (unpaired) electrons. The number of aliphatic carboxylic acids is 1. The zero-order chi connectivity index (χ0) is 15.1. The molecule has 1 fully saturated rings. The number of anilines is 1. The van der Waals surface area contributed by atoms with Gasteiger partial charge in [0.25, 0.3) is 0 Å². The average molecular weight is 328 g/mol. The highest BCUT2D eigenvalue weighted by Crippen LogP contribution is 2.40. The van der Waals surface area contributed by atoms with Gasteiger partial charge in [0.2, 0.25) is 5.91 Å². The van der Waals surface area contributed by atoms with Gasteiger partial charge in [0.15, 0.2) is 0 Å². The summed E-state index contributed by atoms with van der Waals surface area (Å²) in [5, 5.41) is 12.6. The molecular formula is C14H11Cl2NO4. The standard InChI is InChI=1S/C14H11Cl2NO4/c15-7-2-1-6(5-8(7)16)17-13(18)11-9-3-4-10(21-9)12(11)14(19)20/h1-5,9-12H,(H,17,18)(H,19,20)/t9-,10-,11+,12-/m0/s1. The molecule has 0 aromatic heterocycles. The van der Waals surface area contributed by atoms with Crippen LogP contribution in [0.15, 0.2) is 30.4 Å². The first kappa shape index (κ1) is 14.4. The minimum atomic E-state index is -1.04. The molecule has 2 aliphatic rings. The normalized spacial score (nSPS) is 29.6. The van der Waals surface area contributed by atoms with Crippen molar-refractivity contribution in [1.82, 2.24) is 0 Å². The van der Waals surface area contributed by atoms with Crippen LogP contribution >= 0.6 is 23.2 Å². The van der Waals surface area contributed by atoms with E-state index in [9.17, 15) is 14.7 Å². The van der Waals surface area contributed by atoms with Gasteiger partial charge in [-0.1, -0.05) is 35.4 Å². The molecule has 2 N–H and O–H groups in total. The number of carbonyl (C=O) groups is 2. The topological polar surface area (TPSA) is 75.6 Å². The lowest BCUT2D eigenvalue weighted by molar-refractivity contribution is -0.145. The lowest BCUT2D eigenvalue weighted by Gasteiger charge is -2.21. The van der Waals surface area contributed by atoms with E-state index in [2.05, 4.69) is 5.32 Å². The average Bonchev–Trinajstić information content (AvgIpc) is 3.03. The fourth-order valence-electron chi connectivity index (χ4n) is 2.71. The molecule has 2 heterocycles. The predicted molar refractivity (Wildman–Crippen MR) is 77.5 cm³/mol. The van der Waals surface area contributed by atoms with Crippen LogP contribution in [0.4, 0.5) is 5.69 Å². The van der Waals surface area contributed by atoms with Gasteiger partial charge in [0, 0.05) is 5.69 Å². The van der Waals surface area contributed by atoms with Crippen LogP contribution in [-0.2, 0) is 14.3 Å². The largest absolute Gasteiger partial charge is 0.481 e. The second-order valence-corrected chi connectivity index (χ2v) is 5.77. The number of benzene rings is 1. The van der Waals surface area contributed by atoms with Gasteiger partial charge in [0.1, 0.15) is 5.92 Å². The fraction of sp³-hybridized carbons (Fsp3) is 0.286. The smallest absolute Gasteiger partial charge is 0.310 e. The summed E-state index contributed by atoms with van der Waals surface area (Å²) in [7, 11) is 0. The van der Waals surface area contributed by atoms with Gasteiger partial charge in [-0.15, -0.1) is 0 Å². The molecule has 1 aromatic carbocycles. The number of nitrogens with one attached hydrogen (secondary N) is 1. The third-order valence-corrected chi connectivity index (χ3v) is 4.41. The van der Waals surface area contributed by atoms with Crippen molar-refractivity contribution in [3.05, 3.63) is 40.4 Å². The maximum absolute atomic E-state index is 12.4. The first-order valence-electron chi connectivity index (χ1n) is 6.30. The number of fused-ring (bicyclic) bond motifs is 2. The molecular weight excluding hydrogens is 317 g/mol. The Labute approximate surface area is 130 Å². The lowest BCUT2D eigenvalue weighted by Crippen LogP contribution is -2.39. The molecule has 2 bridgehead atoms. The molecule has 1 aromatic rings. The summed E-state index contributed by atoms with van der Waals surface area (Å²) in [4.78, 5) is 23.7. The van der Waals surface area contributed by atoms with Crippen molar-refractivity contribution in [2.24, 2.45) is 11.8 Å². The van der Waals surface area contributed by atoms with Crippen molar-refractivity contribution in [3.63, 3.8) is 0 Å². The summed E-state index contributed by atoms with van der Waals surface area (Å²) in [5.41, 5.74) is 0.463. The van der Waals surface area contributed by atoms with Crippen LogP contribution in [0, 0.1) is 11.8 Å². The van der Waals surface area contributed by atoms with Gasteiger partial charge in [-0.25, -0.2) is 0 Å². The number of ether oxygens (including phenoxy) is 1. The molecule has 2 aliphatic heterocycles. The molecule has 0 unspecified atom stereocenters. The maximum Gasteiger partial charge on any atom is 0.310 e. The van der Waals surface area contributed by atoms with Crippen molar-refractivity contribution in [3.8, 4) is 0 Å². The van der Waals surface area contributed by atoms with Crippen LogP contribution < -0.4 is 5.32 Å². The maximum atomic E-state index is 12.4.